The van der Waals surface area contributed by atoms with Crippen LogP contribution in [0.5, 0.6) is 0 Å². The first-order valence-corrected chi connectivity index (χ1v) is 8.17. The number of carbonyl (C=O) groups is 2. The number of aliphatic carboxylic acids is 1. The number of aryl methyl sites for hydroxylation is 2. The van der Waals surface area contributed by atoms with Crippen molar-refractivity contribution in [3.05, 3.63) is 53.9 Å². The molecular formula is C18H22FN3O3. The molecule has 2 aromatic rings. The number of carbonyl (C=O) groups excluding carboxylic acids is 1. The molecule has 0 aliphatic carbocycles. The minimum absolute atomic E-state index is 0.0576. The van der Waals surface area contributed by atoms with Crippen LogP contribution in [0.4, 0.5) is 4.39 Å². The van der Waals surface area contributed by atoms with Crippen LogP contribution in [-0.4, -0.2) is 33.1 Å². The molecule has 0 saturated carbocycles. The lowest BCUT2D eigenvalue weighted by Crippen LogP contribution is -2.27. The first-order chi connectivity index (χ1) is 12.0. The molecule has 2 rings (SSSR count). The summed E-state index contributed by atoms with van der Waals surface area (Å²) in [7, 11) is 0. The molecule has 0 bridgehead atoms. The van der Waals surface area contributed by atoms with Crippen LogP contribution in [-0.2, 0) is 16.1 Å². The maximum Gasteiger partial charge on any atom is 0.303 e. The van der Waals surface area contributed by atoms with E-state index >= 15 is 0 Å². The third-order valence-corrected chi connectivity index (χ3v) is 4.02. The van der Waals surface area contributed by atoms with Gasteiger partial charge < -0.3 is 15.0 Å². The van der Waals surface area contributed by atoms with Crippen LogP contribution in [0.2, 0.25) is 0 Å². The van der Waals surface area contributed by atoms with E-state index < -0.39 is 17.7 Å². The number of nitrogens with one attached hydrogen (secondary N) is 1. The molecule has 1 aromatic heterocycles. The molecule has 1 heterocycles. The van der Waals surface area contributed by atoms with E-state index in [9.17, 15) is 14.0 Å². The van der Waals surface area contributed by atoms with Gasteiger partial charge in [-0.3, -0.25) is 9.59 Å². The van der Waals surface area contributed by atoms with Crippen LogP contribution < -0.4 is 5.32 Å². The van der Waals surface area contributed by atoms with Crippen molar-refractivity contribution in [3.63, 3.8) is 0 Å². The molecule has 0 saturated heterocycles. The fourth-order valence-electron chi connectivity index (χ4n) is 2.67. The highest BCUT2D eigenvalue weighted by atomic mass is 19.1. The number of hydrogen-bond acceptors (Lipinski definition) is 3. The van der Waals surface area contributed by atoms with Gasteiger partial charge in [-0.1, -0.05) is 12.1 Å². The van der Waals surface area contributed by atoms with Gasteiger partial charge in [-0.05, 0) is 31.0 Å². The molecular weight excluding hydrogens is 325 g/mol. The van der Waals surface area contributed by atoms with Crippen LogP contribution in [0.15, 0.2) is 36.7 Å². The van der Waals surface area contributed by atoms with E-state index in [-0.39, 0.29) is 18.7 Å². The van der Waals surface area contributed by atoms with E-state index in [2.05, 4.69) is 10.3 Å². The zero-order valence-electron chi connectivity index (χ0n) is 14.1. The van der Waals surface area contributed by atoms with Gasteiger partial charge in [0.2, 0.25) is 5.91 Å². The van der Waals surface area contributed by atoms with E-state index in [1.54, 1.807) is 6.20 Å². The number of imidazole rings is 1. The number of benzene rings is 1. The summed E-state index contributed by atoms with van der Waals surface area (Å²) < 4.78 is 15.0. The van der Waals surface area contributed by atoms with Crippen molar-refractivity contribution < 1.29 is 19.1 Å². The summed E-state index contributed by atoms with van der Waals surface area (Å²) in [5.74, 6) is -1.15. The summed E-state index contributed by atoms with van der Waals surface area (Å²) >= 11 is 0. The molecule has 1 unspecified atom stereocenters. The van der Waals surface area contributed by atoms with E-state index in [1.165, 1.54) is 24.3 Å². The summed E-state index contributed by atoms with van der Waals surface area (Å²) in [5.41, 5.74) is 0.646. The summed E-state index contributed by atoms with van der Waals surface area (Å²) in [5, 5.41) is 11.9. The second-order valence-corrected chi connectivity index (χ2v) is 5.92. The van der Waals surface area contributed by atoms with Crippen molar-refractivity contribution in [2.45, 2.75) is 38.6 Å². The van der Waals surface area contributed by atoms with Crippen LogP contribution in [0, 0.1) is 12.7 Å². The van der Waals surface area contributed by atoms with Crippen LogP contribution in [0.1, 0.15) is 36.6 Å². The number of hydrogen-bond donors (Lipinski definition) is 2. The Morgan fingerprint density at radius 2 is 2.00 bits per heavy atom. The van der Waals surface area contributed by atoms with Gasteiger partial charge in [-0.25, -0.2) is 9.37 Å². The van der Waals surface area contributed by atoms with Gasteiger partial charge >= 0.3 is 5.97 Å². The highest BCUT2D eigenvalue weighted by Gasteiger charge is 2.19. The quantitative estimate of drug-likeness (QED) is 0.683. The van der Waals surface area contributed by atoms with Gasteiger partial charge in [0, 0.05) is 37.8 Å². The van der Waals surface area contributed by atoms with Crippen molar-refractivity contribution in [1.29, 1.82) is 0 Å². The predicted molar refractivity (Wildman–Crippen MR) is 90.6 cm³/mol. The monoisotopic (exact) mass is 347 g/mol. The number of amides is 1. The smallest absolute Gasteiger partial charge is 0.303 e. The average Bonchev–Trinajstić information content (AvgIpc) is 2.96. The third-order valence-electron chi connectivity index (χ3n) is 4.02. The molecule has 0 fully saturated rings. The van der Waals surface area contributed by atoms with Crippen molar-refractivity contribution in [2.24, 2.45) is 0 Å². The van der Waals surface area contributed by atoms with Crippen LogP contribution in [0.3, 0.4) is 0 Å². The number of aromatic nitrogens is 2. The summed E-state index contributed by atoms with van der Waals surface area (Å²) in [4.78, 5) is 27.3. The molecule has 0 aliphatic rings. The summed E-state index contributed by atoms with van der Waals surface area (Å²) in [6, 6.07) is 5.60. The highest BCUT2D eigenvalue weighted by molar-refractivity contribution is 5.78. The molecule has 0 aliphatic heterocycles. The van der Waals surface area contributed by atoms with Crippen molar-refractivity contribution in [1.82, 2.24) is 14.9 Å². The summed E-state index contributed by atoms with van der Waals surface area (Å²) in [6.07, 6.45) is 4.25. The normalized spacial score (nSPS) is 11.9. The molecule has 6 nitrogen and oxygen atoms in total. The van der Waals surface area contributed by atoms with Gasteiger partial charge in [0.05, 0.1) is 6.42 Å². The van der Waals surface area contributed by atoms with E-state index in [0.717, 1.165) is 18.8 Å². The van der Waals surface area contributed by atoms with Gasteiger partial charge in [0.15, 0.2) is 0 Å². The Bertz CT molecular complexity index is 713. The fraction of sp³-hybridized carbons (Fsp3) is 0.389. The SMILES string of the molecule is Cc1nccn1CCCNC(=O)CC(CC(=O)O)c1ccc(F)cc1. The molecule has 1 atom stereocenters. The summed E-state index contributed by atoms with van der Waals surface area (Å²) in [6.45, 7) is 3.17. The number of rotatable bonds is 9. The number of nitrogens with zero attached hydrogens (tertiary/aromatic N) is 2. The largest absolute Gasteiger partial charge is 0.481 e. The van der Waals surface area contributed by atoms with Gasteiger partial charge in [0.1, 0.15) is 11.6 Å². The molecule has 25 heavy (non-hydrogen) atoms. The standard InChI is InChI=1S/C18H22FN3O3/c1-13-20-8-10-22(13)9-2-7-21-17(23)11-15(12-18(24)25)14-3-5-16(19)6-4-14/h3-6,8,10,15H,2,7,9,11-12H2,1H3,(H,21,23)(H,24,25). The molecule has 134 valence electrons. The second kappa shape index (κ2) is 8.96. The first kappa shape index (κ1) is 18.6. The molecule has 0 radical (unpaired) electrons. The molecule has 1 aromatic carbocycles. The maximum atomic E-state index is 13.0. The Hall–Kier alpha value is -2.70. The van der Waals surface area contributed by atoms with E-state index in [1.807, 2.05) is 17.7 Å². The second-order valence-electron chi connectivity index (χ2n) is 5.92. The lowest BCUT2D eigenvalue weighted by molar-refractivity contribution is -0.137. The molecule has 2 N–H and O–H groups in total. The topological polar surface area (TPSA) is 84.2 Å². The number of carboxylic acids is 1. The fourth-order valence-corrected chi connectivity index (χ4v) is 2.67. The molecule has 7 heteroatoms. The van der Waals surface area contributed by atoms with E-state index in [4.69, 9.17) is 5.11 Å². The van der Waals surface area contributed by atoms with E-state index in [0.29, 0.717) is 12.1 Å². The lowest BCUT2D eigenvalue weighted by atomic mass is 9.92. The third kappa shape index (κ3) is 6.02. The number of halogens is 1. The Balaban J connectivity index is 1.83. The Kier molecular flexibility index (Phi) is 6.68. The van der Waals surface area contributed by atoms with Crippen LogP contribution >= 0.6 is 0 Å². The average molecular weight is 347 g/mol. The Morgan fingerprint density at radius 1 is 1.28 bits per heavy atom. The molecule has 0 spiro atoms. The zero-order valence-corrected chi connectivity index (χ0v) is 14.1. The van der Waals surface area contributed by atoms with Gasteiger partial charge in [-0.15, -0.1) is 0 Å². The van der Waals surface area contributed by atoms with Crippen LogP contribution in [0.25, 0.3) is 0 Å². The van der Waals surface area contributed by atoms with Crippen molar-refractivity contribution in [2.75, 3.05) is 6.54 Å². The van der Waals surface area contributed by atoms with Crippen molar-refractivity contribution in [3.8, 4) is 0 Å². The van der Waals surface area contributed by atoms with Gasteiger partial charge in [-0.2, -0.15) is 0 Å². The molecule has 1 amide bonds. The first-order valence-electron chi connectivity index (χ1n) is 8.17. The van der Waals surface area contributed by atoms with Gasteiger partial charge in [0.25, 0.3) is 0 Å². The highest BCUT2D eigenvalue weighted by Crippen LogP contribution is 2.23. The Labute approximate surface area is 145 Å². The Morgan fingerprint density at radius 3 is 2.60 bits per heavy atom. The zero-order chi connectivity index (χ0) is 18.2. The number of carboxylic acid groups (broad SMARTS) is 1. The minimum Gasteiger partial charge on any atom is -0.481 e. The predicted octanol–water partition coefficient (Wildman–Crippen LogP) is 2.49. The minimum atomic E-state index is -0.988. The lowest BCUT2D eigenvalue weighted by Gasteiger charge is -2.15. The van der Waals surface area contributed by atoms with Crippen molar-refractivity contribution >= 4 is 11.9 Å². The maximum absolute atomic E-state index is 13.0.